The smallest absolute Gasteiger partial charge is 0.299 e. The molecule has 0 aromatic rings. The molecule has 0 atom stereocenters. The van der Waals surface area contributed by atoms with Gasteiger partial charge in [-0.05, 0) is 38.0 Å². The zero-order valence-electron chi connectivity index (χ0n) is 10.5. The first-order valence-corrected chi connectivity index (χ1v) is 6.40. The van der Waals surface area contributed by atoms with Gasteiger partial charge in [-0.1, -0.05) is 13.8 Å². The number of hydrogen-bond acceptors (Lipinski definition) is 1. The maximum atomic E-state index is 12.4. The highest BCUT2D eigenvalue weighted by atomic mass is 19.4. The third-order valence-electron chi connectivity index (χ3n) is 3.61. The van der Waals surface area contributed by atoms with Crippen LogP contribution in [0.5, 0.6) is 0 Å². The molecule has 1 rings (SSSR count). The van der Waals surface area contributed by atoms with Crippen LogP contribution >= 0.6 is 0 Å². The van der Waals surface area contributed by atoms with Crippen LogP contribution in [0.1, 0.15) is 52.4 Å². The van der Waals surface area contributed by atoms with Crippen molar-refractivity contribution in [1.82, 2.24) is 0 Å². The van der Waals surface area contributed by atoms with Gasteiger partial charge in [-0.15, -0.1) is 0 Å². The van der Waals surface area contributed by atoms with Crippen LogP contribution in [0.2, 0.25) is 0 Å². The Morgan fingerprint density at radius 1 is 1.18 bits per heavy atom. The maximum absolute atomic E-state index is 12.4. The first-order valence-electron chi connectivity index (χ1n) is 6.40. The molecular weight excluding hydrogens is 229 g/mol. The summed E-state index contributed by atoms with van der Waals surface area (Å²) in [5.74, 6) is -0.659. The lowest BCUT2D eigenvalue weighted by molar-refractivity contribution is -0.184. The fraction of sp³-hybridized carbons (Fsp3) is 0.923. The average Bonchev–Trinajstić information content (AvgIpc) is 2.25. The van der Waals surface area contributed by atoms with Crippen molar-refractivity contribution in [2.75, 3.05) is 0 Å². The van der Waals surface area contributed by atoms with Gasteiger partial charge in [0, 0.05) is 12.3 Å². The summed E-state index contributed by atoms with van der Waals surface area (Å²) in [7, 11) is 0. The van der Waals surface area contributed by atoms with Gasteiger partial charge in [0.1, 0.15) is 5.78 Å². The second-order valence-corrected chi connectivity index (χ2v) is 5.49. The van der Waals surface area contributed by atoms with E-state index < -0.39 is 12.1 Å². The second-order valence-electron chi connectivity index (χ2n) is 5.49. The summed E-state index contributed by atoms with van der Waals surface area (Å²) in [5.41, 5.74) is 0. The van der Waals surface area contributed by atoms with Gasteiger partial charge >= 0.3 is 6.18 Å². The zero-order chi connectivity index (χ0) is 13.1. The topological polar surface area (TPSA) is 17.1 Å². The first kappa shape index (κ1) is 14.5. The summed E-state index contributed by atoms with van der Waals surface area (Å²) in [6, 6.07) is 0. The van der Waals surface area contributed by atoms with Crippen LogP contribution in [0.15, 0.2) is 0 Å². The molecule has 1 nitrogen and oxygen atoms in total. The Morgan fingerprint density at radius 2 is 1.71 bits per heavy atom. The summed E-state index contributed by atoms with van der Waals surface area (Å²) in [5, 5.41) is 0. The molecule has 0 spiro atoms. The van der Waals surface area contributed by atoms with Gasteiger partial charge in [-0.25, -0.2) is 0 Å². The SMILES string of the molecule is CC(C)CCC(=O)C1CCC(C(F)(F)F)CC1. The summed E-state index contributed by atoms with van der Waals surface area (Å²) in [6.45, 7) is 4.10. The van der Waals surface area contributed by atoms with Gasteiger partial charge in [0.15, 0.2) is 0 Å². The molecule has 0 bridgehead atoms. The van der Waals surface area contributed by atoms with Gasteiger partial charge in [0.25, 0.3) is 0 Å². The fourth-order valence-corrected chi connectivity index (χ4v) is 2.38. The Bertz CT molecular complexity index is 250. The summed E-state index contributed by atoms with van der Waals surface area (Å²) >= 11 is 0. The number of Topliss-reactive ketones (excluding diaryl/α,β-unsaturated/α-hetero) is 1. The molecule has 1 aliphatic rings. The lowest BCUT2D eigenvalue weighted by Crippen LogP contribution is -2.30. The number of carbonyl (C=O) groups excluding carboxylic acids is 1. The number of carbonyl (C=O) groups is 1. The minimum atomic E-state index is -4.08. The molecule has 0 N–H and O–H groups in total. The minimum Gasteiger partial charge on any atom is -0.299 e. The Hall–Kier alpha value is -0.540. The van der Waals surface area contributed by atoms with Crippen molar-refractivity contribution < 1.29 is 18.0 Å². The lowest BCUT2D eigenvalue weighted by atomic mass is 9.78. The first-order chi connectivity index (χ1) is 7.80. The molecule has 4 heteroatoms. The second kappa shape index (κ2) is 5.87. The summed E-state index contributed by atoms with van der Waals surface area (Å²) in [4.78, 5) is 11.8. The highest BCUT2D eigenvalue weighted by molar-refractivity contribution is 5.81. The number of rotatable bonds is 4. The molecule has 0 aliphatic heterocycles. The maximum Gasteiger partial charge on any atom is 0.391 e. The molecule has 0 aromatic carbocycles. The van der Waals surface area contributed by atoms with Crippen LogP contribution in [0.25, 0.3) is 0 Å². The van der Waals surface area contributed by atoms with E-state index in [-0.39, 0.29) is 24.5 Å². The third-order valence-corrected chi connectivity index (χ3v) is 3.61. The van der Waals surface area contributed by atoms with Crippen molar-refractivity contribution in [1.29, 1.82) is 0 Å². The third kappa shape index (κ3) is 4.68. The molecule has 17 heavy (non-hydrogen) atoms. The van der Waals surface area contributed by atoms with E-state index in [2.05, 4.69) is 0 Å². The summed E-state index contributed by atoms with van der Waals surface area (Å²) < 4.78 is 37.3. The van der Waals surface area contributed by atoms with E-state index >= 15 is 0 Å². The molecule has 0 amide bonds. The average molecular weight is 250 g/mol. The van der Waals surface area contributed by atoms with Crippen LogP contribution in [0.4, 0.5) is 13.2 Å². The molecule has 0 unspecified atom stereocenters. The number of hydrogen-bond donors (Lipinski definition) is 0. The van der Waals surface area contributed by atoms with Crippen LogP contribution < -0.4 is 0 Å². The number of halogens is 3. The van der Waals surface area contributed by atoms with E-state index in [4.69, 9.17) is 0 Å². The van der Waals surface area contributed by atoms with Gasteiger partial charge in [-0.3, -0.25) is 4.79 Å². The number of alkyl halides is 3. The van der Waals surface area contributed by atoms with Gasteiger partial charge in [-0.2, -0.15) is 13.2 Å². The molecular formula is C13H21F3O. The quantitative estimate of drug-likeness (QED) is 0.724. The highest BCUT2D eigenvalue weighted by Gasteiger charge is 2.42. The van der Waals surface area contributed by atoms with Crippen LogP contribution in [-0.2, 0) is 4.79 Å². The van der Waals surface area contributed by atoms with Crippen LogP contribution in [-0.4, -0.2) is 12.0 Å². The Labute approximate surface area is 101 Å². The monoisotopic (exact) mass is 250 g/mol. The van der Waals surface area contributed by atoms with E-state index in [1.165, 1.54) is 0 Å². The predicted octanol–water partition coefficient (Wildman–Crippen LogP) is 4.36. The molecule has 1 saturated carbocycles. The molecule has 1 aliphatic carbocycles. The molecule has 0 aromatic heterocycles. The van der Waals surface area contributed by atoms with E-state index in [9.17, 15) is 18.0 Å². The van der Waals surface area contributed by atoms with E-state index in [0.717, 1.165) is 6.42 Å². The normalized spacial score (nSPS) is 26.2. The van der Waals surface area contributed by atoms with Crippen molar-refractivity contribution in [3.05, 3.63) is 0 Å². The van der Waals surface area contributed by atoms with Crippen molar-refractivity contribution in [3.63, 3.8) is 0 Å². The van der Waals surface area contributed by atoms with Crippen LogP contribution in [0.3, 0.4) is 0 Å². The predicted molar refractivity (Wildman–Crippen MR) is 60.6 cm³/mol. The van der Waals surface area contributed by atoms with E-state index in [1.807, 2.05) is 13.8 Å². The highest BCUT2D eigenvalue weighted by Crippen LogP contribution is 2.40. The molecule has 0 heterocycles. The Kier molecular flexibility index (Phi) is 5.02. The largest absolute Gasteiger partial charge is 0.391 e. The van der Waals surface area contributed by atoms with Crippen LogP contribution in [0, 0.1) is 17.8 Å². The molecule has 0 saturated heterocycles. The van der Waals surface area contributed by atoms with Crippen molar-refractivity contribution in [3.8, 4) is 0 Å². The lowest BCUT2D eigenvalue weighted by Gasteiger charge is -2.29. The number of ketones is 1. The molecule has 0 radical (unpaired) electrons. The standard InChI is InChI=1S/C13H21F3O/c1-9(2)3-8-12(17)10-4-6-11(7-5-10)13(14,15)16/h9-11H,3-8H2,1-2H3. The van der Waals surface area contributed by atoms with Gasteiger partial charge < -0.3 is 0 Å². The van der Waals surface area contributed by atoms with E-state index in [0.29, 0.717) is 25.2 Å². The summed E-state index contributed by atoms with van der Waals surface area (Å²) in [6.07, 6.45) is -1.62. The minimum absolute atomic E-state index is 0.118. The Morgan fingerprint density at radius 3 is 2.12 bits per heavy atom. The van der Waals surface area contributed by atoms with Crippen molar-refractivity contribution in [2.24, 2.45) is 17.8 Å². The zero-order valence-corrected chi connectivity index (χ0v) is 10.5. The van der Waals surface area contributed by atoms with Gasteiger partial charge in [0.2, 0.25) is 0 Å². The fourth-order valence-electron chi connectivity index (χ4n) is 2.38. The van der Waals surface area contributed by atoms with Crippen molar-refractivity contribution >= 4 is 5.78 Å². The molecule has 100 valence electrons. The van der Waals surface area contributed by atoms with E-state index in [1.54, 1.807) is 0 Å². The van der Waals surface area contributed by atoms with Crippen molar-refractivity contribution in [2.45, 2.75) is 58.5 Å². The molecule has 1 fully saturated rings. The van der Waals surface area contributed by atoms with Gasteiger partial charge in [0.05, 0.1) is 5.92 Å². The Balaban J connectivity index is 2.34.